The Labute approximate surface area is 125 Å². The lowest BCUT2D eigenvalue weighted by atomic mass is 10.1. The first-order valence-corrected chi connectivity index (χ1v) is 8.55. The molecule has 0 saturated carbocycles. The Morgan fingerprint density at radius 2 is 2.10 bits per heavy atom. The van der Waals surface area contributed by atoms with Crippen molar-refractivity contribution in [3.63, 3.8) is 0 Å². The van der Waals surface area contributed by atoms with E-state index in [2.05, 4.69) is 26.0 Å². The van der Waals surface area contributed by atoms with Crippen LogP contribution < -0.4 is 10.0 Å². The minimum Gasteiger partial charge on any atom is -0.313 e. The third kappa shape index (κ3) is 3.75. The zero-order valence-corrected chi connectivity index (χ0v) is 13.0. The Hall–Kier alpha value is -0.570. The number of benzene rings is 1. The Bertz CT molecular complexity index is 566. The second-order valence-corrected chi connectivity index (χ2v) is 7.26. The van der Waals surface area contributed by atoms with E-state index < -0.39 is 26.6 Å². The number of piperidine rings is 1. The summed E-state index contributed by atoms with van der Waals surface area (Å²) in [4.78, 5) is -0.560. The van der Waals surface area contributed by atoms with Crippen LogP contribution in [0, 0.1) is 11.6 Å². The van der Waals surface area contributed by atoms with Crippen LogP contribution in [0.3, 0.4) is 0 Å². The van der Waals surface area contributed by atoms with Crippen molar-refractivity contribution >= 4 is 26.0 Å². The highest BCUT2D eigenvalue weighted by atomic mass is 79.9. The lowest BCUT2D eigenvalue weighted by Crippen LogP contribution is -2.43. The summed E-state index contributed by atoms with van der Waals surface area (Å²) in [6.45, 7) is 1.03. The summed E-state index contributed by atoms with van der Waals surface area (Å²) < 4.78 is 53.1. The van der Waals surface area contributed by atoms with Crippen LogP contribution in [-0.2, 0) is 10.0 Å². The molecule has 20 heavy (non-hydrogen) atoms. The quantitative estimate of drug-likeness (QED) is 0.855. The monoisotopic (exact) mass is 368 g/mol. The zero-order valence-electron chi connectivity index (χ0n) is 10.6. The van der Waals surface area contributed by atoms with Crippen molar-refractivity contribution in [2.45, 2.75) is 30.2 Å². The predicted octanol–water partition coefficient (Wildman–Crippen LogP) is 2.15. The number of hydrogen-bond acceptors (Lipinski definition) is 3. The van der Waals surface area contributed by atoms with Crippen molar-refractivity contribution in [1.82, 2.24) is 10.0 Å². The molecule has 1 atom stereocenters. The molecule has 2 N–H and O–H groups in total. The first kappa shape index (κ1) is 15.8. The van der Waals surface area contributed by atoms with E-state index in [1.54, 1.807) is 0 Å². The van der Waals surface area contributed by atoms with E-state index in [4.69, 9.17) is 0 Å². The van der Waals surface area contributed by atoms with Crippen LogP contribution in [0.2, 0.25) is 0 Å². The van der Waals surface area contributed by atoms with Crippen LogP contribution in [0.4, 0.5) is 8.78 Å². The second-order valence-electron chi connectivity index (χ2n) is 4.70. The maximum atomic E-state index is 13.7. The first-order valence-electron chi connectivity index (χ1n) is 6.28. The van der Waals surface area contributed by atoms with Crippen molar-refractivity contribution in [3.05, 3.63) is 28.2 Å². The maximum absolute atomic E-state index is 13.7. The Balaban J connectivity index is 2.14. The van der Waals surface area contributed by atoms with Gasteiger partial charge in [0.15, 0.2) is 0 Å². The number of nitrogens with one attached hydrogen (secondary N) is 2. The molecule has 0 radical (unpaired) electrons. The minimum absolute atomic E-state index is 0.0424. The molecule has 0 aliphatic carbocycles. The average molecular weight is 369 g/mol. The van der Waals surface area contributed by atoms with Gasteiger partial charge in [-0.15, -0.1) is 0 Å². The van der Waals surface area contributed by atoms with E-state index in [1.807, 2.05) is 0 Å². The van der Waals surface area contributed by atoms with Crippen molar-refractivity contribution in [1.29, 1.82) is 0 Å². The Morgan fingerprint density at radius 3 is 2.70 bits per heavy atom. The van der Waals surface area contributed by atoms with Gasteiger partial charge in [-0.3, -0.25) is 0 Å². The molecule has 0 amide bonds. The molecule has 8 heteroatoms. The highest BCUT2D eigenvalue weighted by Crippen LogP contribution is 2.26. The van der Waals surface area contributed by atoms with Gasteiger partial charge in [-0.1, -0.05) is 6.42 Å². The van der Waals surface area contributed by atoms with Gasteiger partial charge < -0.3 is 5.32 Å². The van der Waals surface area contributed by atoms with Crippen LogP contribution in [0.25, 0.3) is 0 Å². The summed E-state index contributed by atoms with van der Waals surface area (Å²) >= 11 is 2.88. The van der Waals surface area contributed by atoms with Gasteiger partial charge in [0.2, 0.25) is 10.0 Å². The molecule has 1 aliphatic rings. The zero-order chi connectivity index (χ0) is 14.8. The van der Waals surface area contributed by atoms with Gasteiger partial charge in [-0.05, 0) is 41.4 Å². The molecule has 2 rings (SSSR count). The number of rotatable bonds is 4. The fourth-order valence-electron chi connectivity index (χ4n) is 2.17. The molecule has 0 spiro atoms. The number of hydrogen-bond donors (Lipinski definition) is 2. The van der Waals surface area contributed by atoms with E-state index in [-0.39, 0.29) is 17.1 Å². The molecule has 0 aromatic heterocycles. The molecule has 1 aromatic carbocycles. The average Bonchev–Trinajstić information content (AvgIpc) is 2.36. The van der Waals surface area contributed by atoms with Crippen LogP contribution in [0.15, 0.2) is 21.5 Å². The van der Waals surface area contributed by atoms with Crippen molar-refractivity contribution in [2.75, 3.05) is 13.1 Å². The van der Waals surface area contributed by atoms with Crippen LogP contribution in [0.1, 0.15) is 19.3 Å². The van der Waals surface area contributed by atoms with Gasteiger partial charge >= 0.3 is 0 Å². The maximum Gasteiger partial charge on any atom is 0.244 e. The molecule has 1 fully saturated rings. The van der Waals surface area contributed by atoms with Gasteiger partial charge in [0.1, 0.15) is 16.5 Å². The fourth-order valence-corrected chi connectivity index (χ4v) is 4.41. The standard InChI is InChI=1S/C12H15BrF2N2O2S/c13-10-5-8(14)6-11(15)12(10)20(18,19)17-7-9-3-1-2-4-16-9/h5-6,9,16-17H,1-4,7H2. The molecule has 1 aromatic rings. The third-order valence-electron chi connectivity index (χ3n) is 3.16. The summed E-state index contributed by atoms with van der Waals surface area (Å²) in [6, 6.07) is 1.52. The number of sulfonamides is 1. The van der Waals surface area contributed by atoms with Gasteiger partial charge in [-0.2, -0.15) is 0 Å². The van der Waals surface area contributed by atoms with E-state index in [9.17, 15) is 17.2 Å². The molecular formula is C12H15BrF2N2O2S. The van der Waals surface area contributed by atoms with E-state index in [0.29, 0.717) is 6.07 Å². The van der Waals surface area contributed by atoms with E-state index >= 15 is 0 Å². The number of halogens is 3. The summed E-state index contributed by atoms with van der Waals surface area (Å²) in [7, 11) is -4.02. The molecule has 1 aliphatic heterocycles. The summed E-state index contributed by atoms with van der Waals surface area (Å²) in [5.41, 5.74) is 0. The van der Waals surface area contributed by atoms with Crippen molar-refractivity contribution in [2.24, 2.45) is 0 Å². The van der Waals surface area contributed by atoms with E-state index in [0.717, 1.165) is 31.9 Å². The smallest absolute Gasteiger partial charge is 0.244 e. The SMILES string of the molecule is O=S(=O)(NCC1CCCCN1)c1c(F)cc(F)cc1Br. The molecular weight excluding hydrogens is 354 g/mol. The van der Waals surface area contributed by atoms with Crippen LogP contribution in [-0.4, -0.2) is 27.5 Å². The topological polar surface area (TPSA) is 58.2 Å². The van der Waals surface area contributed by atoms with E-state index in [1.165, 1.54) is 0 Å². The van der Waals surface area contributed by atoms with Crippen LogP contribution >= 0.6 is 15.9 Å². The fraction of sp³-hybridized carbons (Fsp3) is 0.500. The van der Waals surface area contributed by atoms with Gasteiger partial charge in [0.05, 0.1) is 0 Å². The Kier molecular flexibility index (Phi) is 5.11. The minimum atomic E-state index is -4.02. The lowest BCUT2D eigenvalue weighted by molar-refractivity contribution is 0.398. The van der Waals surface area contributed by atoms with Gasteiger partial charge in [0, 0.05) is 23.1 Å². The van der Waals surface area contributed by atoms with Crippen molar-refractivity contribution < 1.29 is 17.2 Å². The second kappa shape index (κ2) is 6.46. The van der Waals surface area contributed by atoms with Gasteiger partial charge in [-0.25, -0.2) is 21.9 Å². The Morgan fingerprint density at radius 1 is 1.35 bits per heavy atom. The molecule has 4 nitrogen and oxygen atoms in total. The third-order valence-corrected chi connectivity index (χ3v) is 5.55. The van der Waals surface area contributed by atoms with Crippen molar-refractivity contribution in [3.8, 4) is 0 Å². The predicted molar refractivity (Wildman–Crippen MR) is 74.9 cm³/mol. The summed E-state index contributed by atoms with van der Waals surface area (Å²) in [5, 5.41) is 3.19. The highest BCUT2D eigenvalue weighted by Gasteiger charge is 2.25. The first-order chi connectivity index (χ1) is 9.40. The lowest BCUT2D eigenvalue weighted by Gasteiger charge is -2.23. The normalized spacial score (nSPS) is 20.1. The van der Waals surface area contributed by atoms with Crippen LogP contribution in [0.5, 0.6) is 0 Å². The molecule has 112 valence electrons. The summed E-state index contributed by atoms with van der Waals surface area (Å²) in [6.07, 6.45) is 2.98. The largest absolute Gasteiger partial charge is 0.313 e. The van der Waals surface area contributed by atoms with Gasteiger partial charge in [0.25, 0.3) is 0 Å². The summed E-state index contributed by atoms with van der Waals surface area (Å²) in [5.74, 6) is -1.94. The molecule has 1 heterocycles. The molecule has 0 bridgehead atoms. The molecule has 1 saturated heterocycles. The highest BCUT2D eigenvalue weighted by molar-refractivity contribution is 9.10. The molecule has 1 unspecified atom stereocenters.